The number of anilines is 1. The fourth-order valence-corrected chi connectivity index (χ4v) is 4.82. The van der Waals surface area contributed by atoms with E-state index in [1.54, 1.807) is 12.1 Å². The molecule has 0 atom stereocenters. The number of carbonyl (C=O) groups is 1. The largest absolute Gasteiger partial charge is 0.474 e. The number of sulfonamides is 1. The van der Waals surface area contributed by atoms with Crippen molar-refractivity contribution in [1.82, 2.24) is 9.88 Å². The first-order valence-electron chi connectivity index (χ1n) is 9.91. The molecule has 1 aromatic heterocycles. The SMILES string of the molecule is Cc1cccc(C(=O)N2CCC(Oc3ccc(NS(=O)(=O)C4CC4)cn3)CC2)c1. The predicted molar refractivity (Wildman–Crippen MR) is 111 cm³/mol. The van der Waals surface area contributed by atoms with Crippen molar-refractivity contribution in [3.8, 4) is 5.88 Å². The third-order valence-electron chi connectivity index (χ3n) is 5.24. The Kier molecular flexibility index (Phi) is 5.45. The summed E-state index contributed by atoms with van der Waals surface area (Å²) >= 11 is 0. The van der Waals surface area contributed by atoms with Gasteiger partial charge in [0.25, 0.3) is 5.91 Å². The number of hydrogen-bond acceptors (Lipinski definition) is 5. The second kappa shape index (κ2) is 8.02. The number of aryl methyl sites for hydroxylation is 1. The van der Waals surface area contributed by atoms with E-state index in [9.17, 15) is 13.2 Å². The van der Waals surface area contributed by atoms with Gasteiger partial charge in [-0.1, -0.05) is 17.7 Å². The number of amides is 1. The lowest BCUT2D eigenvalue weighted by Crippen LogP contribution is -2.41. The van der Waals surface area contributed by atoms with Gasteiger partial charge < -0.3 is 9.64 Å². The van der Waals surface area contributed by atoms with Crippen molar-refractivity contribution in [2.24, 2.45) is 0 Å². The van der Waals surface area contributed by atoms with Gasteiger partial charge in [0.1, 0.15) is 6.10 Å². The summed E-state index contributed by atoms with van der Waals surface area (Å²) in [5.41, 5.74) is 2.24. The minimum atomic E-state index is -3.29. The summed E-state index contributed by atoms with van der Waals surface area (Å²) in [4.78, 5) is 18.7. The summed E-state index contributed by atoms with van der Waals surface area (Å²) in [7, 11) is -3.29. The maximum Gasteiger partial charge on any atom is 0.253 e. The van der Waals surface area contributed by atoms with Crippen molar-refractivity contribution in [3.05, 3.63) is 53.7 Å². The van der Waals surface area contributed by atoms with Crippen molar-refractivity contribution < 1.29 is 17.9 Å². The van der Waals surface area contributed by atoms with Gasteiger partial charge >= 0.3 is 0 Å². The monoisotopic (exact) mass is 415 g/mol. The van der Waals surface area contributed by atoms with E-state index in [0.717, 1.165) is 36.8 Å². The molecule has 2 fully saturated rings. The second-order valence-corrected chi connectivity index (χ2v) is 9.67. The first-order chi connectivity index (χ1) is 13.9. The van der Waals surface area contributed by atoms with Crippen LogP contribution < -0.4 is 9.46 Å². The van der Waals surface area contributed by atoms with Crippen LogP contribution in [0.1, 0.15) is 41.6 Å². The van der Waals surface area contributed by atoms with E-state index in [2.05, 4.69) is 9.71 Å². The molecule has 0 unspecified atom stereocenters. The molecule has 2 aliphatic rings. The van der Waals surface area contributed by atoms with Crippen LogP contribution in [0, 0.1) is 6.92 Å². The van der Waals surface area contributed by atoms with Gasteiger partial charge in [0.2, 0.25) is 15.9 Å². The number of ether oxygens (including phenoxy) is 1. The molecule has 4 rings (SSSR count). The minimum absolute atomic E-state index is 0.0157. The Morgan fingerprint density at radius 2 is 1.90 bits per heavy atom. The van der Waals surface area contributed by atoms with Gasteiger partial charge in [-0.05, 0) is 38.0 Å². The van der Waals surface area contributed by atoms with Crippen LogP contribution in [0.25, 0.3) is 0 Å². The molecule has 0 bridgehead atoms. The number of likely N-dealkylation sites (tertiary alicyclic amines) is 1. The average molecular weight is 416 g/mol. The Balaban J connectivity index is 1.29. The van der Waals surface area contributed by atoms with E-state index in [-0.39, 0.29) is 17.3 Å². The highest BCUT2D eigenvalue weighted by Crippen LogP contribution is 2.30. The van der Waals surface area contributed by atoms with Gasteiger partial charge in [-0.2, -0.15) is 0 Å². The zero-order valence-electron chi connectivity index (χ0n) is 16.4. The standard InChI is InChI=1S/C21H25N3O4S/c1-15-3-2-4-16(13-15)21(25)24-11-9-18(10-12-24)28-20-8-5-17(14-22-20)23-29(26,27)19-6-7-19/h2-5,8,13-14,18-19,23H,6-7,9-12H2,1H3. The summed E-state index contributed by atoms with van der Waals surface area (Å²) in [6.45, 7) is 3.25. The van der Waals surface area contributed by atoms with Gasteiger partial charge in [0.15, 0.2) is 0 Å². The van der Waals surface area contributed by atoms with E-state index < -0.39 is 10.0 Å². The predicted octanol–water partition coefficient (Wildman–Crippen LogP) is 2.98. The topological polar surface area (TPSA) is 88.6 Å². The molecule has 1 amide bonds. The highest BCUT2D eigenvalue weighted by Gasteiger charge is 2.35. The van der Waals surface area contributed by atoms with Crippen LogP contribution in [-0.4, -0.2) is 48.7 Å². The fourth-order valence-electron chi connectivity index (χ4n) is 3.44. The molecule has 1 saturated carbocycles. The van der Waals surface area contributed by atoms with Crippen molar-refractivity contribution in [3.63, 3.8) is 0 Å². The molecule has 1 saturated heterocycles. The lowest BCUT2D eigenvalue weighted by molar-refractivity contribution is 0.0588. The van der Waals surface area contributed by atoms with Crippen LogP contribution >= 0.6 is 0 Å². The van der Waals surface area contributed by atoms with E-state index in [1.165, 1.54) is 6.20 Å². The van der Waals surface area contributed by atoms with E-state index in [4.69, 9.17) is 4.74 Å². The van der Waals surface area contributed by atoms with Gasteiger partial charge in [0, 0.05) is 37.6 Å². The fraction of sp³-hybridized carbons (Fsp3) is 0.429. The Hall–Kier alpha value is -2.61. The molecule has 0 radical (unpaired) electrons. The average Bonchev–Trinajstić information content (AvgIpc) is 3.55. The first-order valence-corrected chi connectivity index (χ1v) is 11.5. The van der Waals surface area contributed by atoms with Crippen LogP contribution in [0.15, 0.2) is 42.6 Å². The van der Waals surface area contributed by atoms with Gasteiger partial charge in [-0.25, -0.2) is 13.4 Å². The first kappa shape index (κ1) is 19.7. The van der Waals surface area contributed by atoms with E-state index in [0.29, 0.717) is 24.7 Å². The summed E-state index contributed by atoms with van der Waals surface area (Å²) < 4.78 is 32.4. The van der Waals surface area contributed by atoms with Crippen molar-refractivity contribution in [2.45, 2.75) is 44.0 Å². The molecule has 1 aliphatic carbocycles. The molecule has 2 aromatic rings. The van der Waals surface area contributed by atoms with Crippen LogP contribution in [0.3, 0.4) is 0 Å². The maximum absolute atomic E-state index is 12.6. The molecular weight excluding hydrogens is 390 g/mol. The number of piperidine rings is 1. The third kappa shape index (κ3) is 4.87. The molecule has 1 N–H and O–H groups in total. The number of benzene rings is 1. The van der Waals surface area contributed by atoms with E-state index in [1.807, 2.05) is 36.1 Å². The number of nitrogens with zero attached hydrogens (tertiary/aromatic N) is 2. The summed E-state index contributed by atoms with van der Waals surface area (Å²) in [5.74, 6) is 0.514. The zero-order valence-corrected chi connectivity index (χ0v) is 17.2. The molecule has 154 valence electrons. The van der Waals surface area contributed by atoms with Gasteiger partial charge in [-0.3, -0.25) is 9.52 Å². The maximum atomic E-state index is 12.6. The molecule has 29 heavy (non-hydrogen) atoms. The van der Waals surface area contributed by atoms with Crippen LogP contribution in [0.5, 0.6) is 5.88 Å². The summed E-state index contributed by atoms with van der Waals surface area (Å²) in [5, 5.41) is -0.272. The number of pyridine rings is 1. The number of hydrogen-bond donors (Lipinski definition) is 1. The number of aromatic nitrogens is 1. The Morgan fingerprint density at radius 1 is 1.14 bits per heavy atom. The second-order valence-electron chi connectivity index (χ2n) is 7.71. The summed E-state index contributed by atoms with van der Waals surface area (Å²) in [6.07, 6.45) is 4.36. The normalized spacial score (nSPS) is 17.8. The highest BCUT2D eigenvalue weighted by atomic mass is 32.2. The molecule has 1 aliphatic heterocycles. The smallest absolute Gasteiger partial charge is 0.253 e. The number of nitrogens with one attached hydrogen (secondary N) is 1. The molecule has 1 aromatic carbocycles. The molecule has 0 spiro atoms. The Labute approximate surface area is 171 Å². The number of rotatable bonds is 6. The Morgan fingerprint density at radius 3 is 2.52 bits per heavy atom. The highest BCUT2D eigenvalue weighted by molar-refractivity contribution is 7.93. The lowest BCUT2D eigenvalue weighted by Gasteiger charge is -2.32. The zero-order chi connectivity index (χ0) is 20.4. The number of carbonyl (C=O) groups excluding carboxylic acids is 1. The van der Waals surface area contributed by atoms with Gasteiger partial charge in [-0.15, -0.1) is 0 Å². The van der Waals surface area contributed by atoms with Crippen LogP contribution in [-0.2, 0) is 10.0 Å². The lowest BCUT2D eigenvalue weighted by atomic mass is 10.1. The quantitative estimate of drug-likeness (QED) is 0.784. The third-order valence-corrected chi connectivity index (χ3v) is 7.11. The van der Waals surface area contributed by atoms with Gasteiger partial charge in [0.05, 0.1) is 17.1 Å². The molecule has 7 nitrogen and oxygen atoms in total. The molecule has 2 heterocycles. The molecule has 8 heteroatoms. The summed E-state index contributed by atoms with van der Waals surface area (Å²) in [6, 6.07) is 11.0. The molecular formula is C21H25N3O4S. The van der Waals surface area contributed by atoms with Crippen molar-refractivity contribution in [1.29, 1.82) is 0 Å². The van der Waals surface area contributed by atoms with E-state index >= 15 is 0 Å². The minimum Gasteiger partial charge on any atom is -0.474 e. The van der Waals surface area contributed by atoms with Crippen molar-refractivity contribution >= 4 is 21.6 Å². The van der Waals surface area contributed by atoms with Crippen molar-refractivity contribution in [2.75, 3.05) is 17.8 Å². The Bertz CT molecular complexity index is 979. The van der Waals surface area contributed by atoms with Crippen LogP contribution in [0.4, 0.5) is 5.69 Å². The van der Waals surface area contributed by atoms with Crippen LogP contribution in [0.2, 0.25) is 0 Å².